The van der Waals surface area contributed by atoms with Crippen LogP contribution in [0.1, 0.15) is 110 Å². The standard InChI is InChI=1S/C18H36O2.O.V/c1-2-3-4-5-6-7-8-9-10-11-12-13-14-15-16-17-18(19)20;;/h2-17H2,1H3,(H,19,20);;/q;-2;+4/p-1. The molecule has 0 amide bonds. The molecule has 0 heterocycles. The number of aliphatic carboxylic acids is 1. The van der Waals surface area contributed by atoms with Gasteiger partial charge in [-0.2, -0.15) is 0 Å². The van der Waals surface area contributed by atoms with Crippen LogP contribution in [-0.2, 0) is 28.8 Å². The van der Waals surface area contributed by atoms with E-state index in [0.29, 0.717) is 0 Å². The van der Waals surface area contributed by atoms with Gasteiger partial charge in [0.15, 0.2) is 0 Å². The van der Waals surface area contributed by atoms with Crippen LogP contribution in [-0.4, -0.2) is 5.97 Å². The van der Waals surface area contributed by atoms with Crippen LogP contribution < -0.4 is 5.11 Å². The third-order valence-electron chi connectivity index (χ3n) is 3.98. The van der Waals surface area contributed by atoms with Crippen LogP contribution in [0.25, 0.3) is 0 Å². The van der Waals surface area contributed by atoms with Crippen molar-refractivity contribution in [2.45, 2.75) is 110 Å². The minimum Gasteiger partial charge on any atom is -2.00 e. The molecule has 129 valence electrons. The number of rotatable bonds is 16. The van der Waals surface area contributed by atoms with Gasteiger partial charge in [-0.1, -0.05) is 96.8 Å². The van der Waals surface area contributed by atoms with E-state index < -0.39 is 5.97 Å². The summed E-state index contributed by atoms with van der Waals surface area (Å²) in [6, 6.07) is 0. The van der Waals surface area contributed by atoms with Crippen LogP contribution >= 0.6 is 0 Å². The van der Waals surface area contributed by atoms with Crippen molar-refractivity contribution in [3.05, 3.63) is 0 Å². The number of hydrogen-bond donors (Lipinski definition) is 0. The maximum absolute atomic E-state index is 10.2. The normalized spacial score (nSPS) is 9.86. The quantitative estimate of drug-likeness (QED) is 0.372. The molecule has 0 aliphatic rings. The van der Waals surface area contributed by atoms with E-state index in [4.69, 9.17) is 0 Å². The smallest absolute Gasteiger partial charge is 2.00 e. The first-order chi connectivity index (χ1) is 9.77. The minimum absolute atomic E-state index is 0. The predicted molar refractivity (Wildman–Crippen MR) is 85.2 cm³/mol. The van der Waals surface area contributed by atoms with Gasteiger partial charge in [0, 0.05) is 5.97 Å². The van der Waals surface area contributed by atoms with Gasteiger partial charge in [-0.05, 0) is 12.8 Å². The van der Waals surface area contributed by atoms with Crippen molar-refractivity contribution in [1.29, 1.82) is 0 Å². The predicted octanol–water partition coefficient (Wildman–Crippen LogP) is 4.88. The Balaban J connectivity index is -0.00000180. The zero-order valence-corrected chi connectivity index (χ0v) is 15.9. The van der Waals surface area contributed by atoms with Crippen molar-refractivity contribution in [3.8, 4) is 0 Å². The third-order valence-corrected chi connectivity index (χ3v) is 3.98. The molecule has 0 saturated carbocycles. The molecule has 0 spiro atoms. The van der Waals surface area contributed by atoms with Crippen molar-refractivity contribution >= 4 is 5.97 Å². The van der Waals surface area contributed by atoms with Gasteiger partial charge in [0.2, 0.25) is 0 Å². The second-order valence-corrected chi connectivity index (χ2v) is 6.07. The summed E-state index contributed by atoms with van der Waals surface area (Å²) >= 11 is 0. The van der Waals surface area contributed by atoms with Crippen LogP contribution in [0.3, 0.4) is 0 Å². The molecule has 1 radical (unpaired) electrons. The summed E-state index contributed by atoms with van der Waals surface area (Å²) in [6.07, 6.45) is 19.9. The van der Waals surface area contributed by atoms with Gasteiger partial charge >= 0.3 is 18.6 Å². The van der Waals surface area contributed by atoms with Crippen molar-refractivity contribution < 1.29 is 33.9 Å². The summed E-state index contributed by atoms with van der Waals surface area (Å²) in [5.41, 5.74) is 0. The first-order valence-corrected chi connectivity index (χ1v) is 8.97. The monoisotopic (exact) mass is 350 g/mol. The second-order valence-electron chi connectivity index (χ2n) is 6.07. The Bertz CT molecular complexity index is 211. The first kappa shape index (κ1) is 26.9. The largest absolute Gasteiger partial charge is 4.00 e. The molecular formula is C18H35O3V+. The number of hydrogen-bond acceptors (Lipinski definition) is 2. The molecule has 22 heavy (non-hydrogen) atoms. The average molecular weight is 350 g/mol. The Kier molecular flexibility index (Phi) is 28.5. The molecule has 4 heteroatoms. The van der Waals surface area contributed by atoms with E-state index >= 15 is 0 Å². The van der Waals surface area contributed by atoms with Crippen LogP contribution in [0.2, 0.25) is 0 Å². The molecule has 0 aromatic rings. The van der Waals surface area contributed by atoms with Gasteiger partial charge in [-0.25, -0.2) is 0 Å². The van der Waals surface area contributed by atoms with Crippen molar-refractivity contribution in [3.63, 3.8) is 0 Å². The van der Waals surface area contributed by atoms with Gasteiger partial charge < -0.3 is 15.4 Å². The van der Waals surface area contributed by atoms with Crippen molar-refractivity contribution in [1.82, 2.24) is 0 Å². The number of carbonyl (C=O) groups is 1. The molecule has 0 saturated heterocycles. The van der Waals surface area contributed by atoms with Crippen molar-refractivity contribution in [2.75, 3.05) is 0 Å². The molecule has 0 aromatic heterocycles. The van der Waals surface area contributed by atoms with E-state index in [1.54, 1.807) is 0 Å². The Morgan fingerprint density at radius 3 is 1.18 bits per heavy atom. The van der Waals surface area contributed by atoms with Crippen LogP contribution in [0.5, 0.6) is 0 Å². The van der Waals surface area contributed by atoms with Gasteiger partial charge in [0.05, 0.1) is 0 Å². The minimum atomic E-state index is -0.903. The van der Waals surface area contributed by atoms with E-state index in [2.05, 4.69) is 6.92 Å². The van der Waals surface area contributed by atoms with Crippen LogP contribution in [0.15, 0.2) is 0 Å². The Labute approximate surface area is 149 Å². The Hall–Kier alpha value is 0.0144. The summed E-state index contributed by atoms with van der Waals surface area (Å²) in [7, 11) is 0. The summed E-state index contributed by atoms with van der Waals surface area (Å²) < 4.78 is 0. The topological polar surface area (TPSA) is 68.6 Å². The van der Waals surface area contributed by atoms with Crippen molar-refractivity contribution in [2.24, 2.45) is 0 Å². The van der Waals surface area contributed by atoms with E-state index in [1.807, 2.05) is 0 Å². The fraction of sp³-hybridized carbons (Fsp3) is 0.944. The van der Waals surface area contributed by atoms with E-state index in [0.717, 1.165) is 12.8 Å². The average Bonchev–Trinajstić information content (AvgIpc) is 2.43. The fourth-order valence-corrected chi connectivity index (χ4v) is 2.64. The van der Waals surface area contributed by atoms with E-state index in [-0.39, 0.29) is 30.5 Å². The van der Waals surface area contributed by atoms with E-state index in [9.17, 15) is 9.90 Å². The zero-order valence-electron chi connectivity index (χ0n) is 14.5. The number of unbranched alkanes of at least 4 members (excludes halogenated alkanes) is 14. The van der Waals surface area contributed by atoms with E-state index in [1.165, 1.54) is 83.5 Å². The molecule has 0 bridgehead atoms. The third kappa shape index (κ3) is 25.0. The summed E-state index contributed by atoms with van der Waals surface area (Å²) in [5.74, 6) is -0.903. The molecule has 0 N–H and O–H groups in total. The maximum Gasteiger partial charge on any atom is 4.00 e. The maximum atomic E-state index is 10.2. The molecule has 0 unspecified atom stereocenters. The van der Waals surface area contributed by atoms with Gasteiger partial charge in [0.25, 0.3) is 0 Å². The van der Waals surface area contributed by atoms with Gasteiger partial charge in [-0.15, -0.1) is 0 Å². The van der Waals surface area contributed by atoms with Gasteiger partial charge in [0.1, 0.15) is 0 Å². The second kappa shape index (κ2) is 23.3. The fourth-order valence-electron chi connectivity index (χ4n) is 2.64. The Morgan fingerprint density at radius 2 is 0.909 bits per heavy atom. The molecule has 0 aliphatic carbocycles. The molecule has 0 aliphatic heterocycles. The molecule has 0 fully saturated rings. The zero-order chi connectivity index (χ0) is 14.9. The number of carboxylic acids is 1. The molecule has 0 rings (SSSR count). The molecule has 3 nitrogen and oxygen atoms in total. The summed E-state index contributed by atoms with van der Waals surface area (Å²) in [6.45, 7) is 2.27. The summed E-state index contributed by atoms with van der Waals surface area (Å²) in [4.78, 5) is 10.2. The molecule has 0 atom stereocenters. The molecular weight excluding hydrogens is 315 g/mol. The number of carbonyl (C=O) groups excluding carboxylic acids is 1. The van der Waals surface area contributed by atoms with Crippen LogP contribution in [0.4, 0.5) is 0 Å². The van der Waals surface area contributed by atoms with Crippen LogP contribution in [0, 0.1) is 0 Å². The Morgan fingerprint density at radius 1 is 0.636 bits per heavy atom. The number of carboxylic acid groups (broad SMARTS) is 1. The van der Waals surface area contributed by atoms with Gasteiger partial charge in [-0.3, -0.25) is 0 Å². The SMILES string of the molecule is CCCCCCCCCCCCCCCCCC(=O)[O-].[O-2].[V+4]. The summed E-state index contributed by atoms with van der Waals surface area (Å²) in [5, 5.41) is 10.2. The molecule has 0 aromatic carbocycles. The first-order valence-electron chi connectivity index (χ1n) is 8.97.